The summed E-state index contributed by atoms with van der Waals surface area (Å²) in [7, 11) is 1.57. The molecule has 2 amide bonds. The van der Waals surface area contributed by atoms with Gasteiger partial charge in [0.15, 0.2) is 0 Å². The minimum Gasteiger partial charge on any atom is -0.383 e. The number of anilines is 3. The van der Waals surface area contributed by atoms with Gasteiger partial charge in [0.25, 0.3) is 17.7 Å². The van der Waals surface area contributed by atoms with Gasteiger partial charge >= 0.3 is 0 Å². The molecule has 0 aliphatic carbocycles. The lowest BCUT2D eigenvalue weighted by Gasteiger charge is -2.34. The van der Waals surface area contributed by atoms with Crippen LogP contribution in [0.3, 0.4) is 0 Å². The van der Waals surface area contributed by atoms with E-state index >= 15 is 8.78 Å². The molecule has 1 unspecified atom stereocenters. The summed E-state index contributed by atoms with van der Waals surface area (Å²) in [5, 5.41) is 19.7. The Balaban J connectivity index is 1.36. The average Bonchev–Trinajstić information content (AvgIpc) is 3.40. The zero-order valence-electron chi connectivity index (χ0n) is 23.0. The first-order valence-corrected chi connectivity index (χ1v) is 13.3. The van der Waals surface area contributed by atoms with Gasteiger partial charge in [-0.3, -0.25) is 14.3 Å². The highest BCUT2D eigenvalue weighted by Crippen LogP contribution is 2.37. The molecule has 9 nitrogen and oxygen atoms in total. The predicted molar refractivity (Wildman–Crippen MR) is 154 cm³/mol. The summed E-state index contributed by atoms with van der Waals surface area (Å²) in [6, 6.07) is 19.6. The van der Waals surface area contributed by atoms with E-state index in [-0.39, 0.29) is 39.7 Å². The molecule has 11 heteroatoms. The van der Waals surface area contributed by atoms with Gasteiger partial charge in [0.1, 0.15) is 11.8 Å². The zero-order chi connectivity index (χ0) is 29.9. The standard InChI is InChI=1S/C31H28F2N6O3/c1-20-19-38-28(27(18-36-38)37-29(40)21-8-13-26(22(16-21)17-34)35-14-15-42-2)30(41)39(20)25-11-9-24(10-12-25)31(32,33)23-6-4-3-5-7-23/h3-13,16,18,20,35H,14-15,19H2,1-2H3,(H,37,40). The predicted octanol–water partition coefficient (Wildman–Crippen LogP) is 5.25. The third kappa shape index (κ3) is 5.44. The second kappa shape index (κ2) is 11.8. The van der Waals surface area contributed by atoms with Crippen LogP contribution in [0.15, 0.2) is 79.0 Å². The van der Waals surface area contributed by atoms with Crippen molar-refractivity contribution in [1.82, 2.24) is 9.78 Å². The highest BCUT2D eigenvalue weighted by Gasteiger charge is 2.37. The first-order valence-electron chi connectivity index (χ1n) is 13.3. The molecule has 42 heavy (non-hydrogen) atoms. The third-order valence-corrected chi connectivity index (χ3v) is 7.06. The summed E-state index contributed by atoms with van der Waals surface area (Å²) in [6.07, 6.45) is 1.40. The van der Waals surface area contributed by atoms with E-state index in [1.54, 1.807) is 37.4 Å². The van der Waals surface area contributed by atoms with Gasteiger partial charge in [-0.2, -0.15) is 19.1 Å². The van der Waals surface area contributed by atoms with E-state index < -0.39 is 17.7 Å². The maximum atomic E-state index is 15.1. The Morgan fingerprint density at radius 1 is 1.10 bits per heavy atom. The minimum absolute atomic E-state index is 0.122. The van der Waals surface area contributed by atoms with E-state index in [1.807, 2.05) is 6.92 Å². The van der Waals surface area contributed by atoms with Crippen LogP contribution in [0, 0.1) is 11.3 Å². The Morgan fingerprint density at radius 3 is 2.50 bits per heavy atom. The Labute approximate surface area is 241 Å². The molecule has 0 radical (unpaired) electrons. The topological polar surface area (TPSA) is 112 Å². The lowest BCUT2D eigenvalue weighted by Crippen LogP contribution is -2.47. The molecule has 1 aromatic heterocycles. The molecule has 4 aromatic rings. The second-order valence-corrected chi connectivity index (χ2v) is 9.85. The molecule has 0 saturated heterocycles. The van der Waals surface area contributed by atoms with Crippen molar-refractivity contribution in [2.75, 3.05) is 35.8 Å². The number of carbonyl (C=O) groups is 2. The van der Waals surface area contributed by atoms with Crippen molar-refractivity contribution in [2.45, 2.75) is 25.4 Å². The van der Waals surface area contributed by atoms with Crippen LogP contribution in [0.4, 0.5) is 25.8 Å². The molecule has 0 fully saturated rings. The number of benzene rings is 3. The molecule has 1 atom stereocenters. The maximum absolute atomic E-state index is 15.1. The van der Waals surface area contributed by atoms with E-state index in [0.29, 0.717) is 31.1 Å². The van der Waals surface area contributed by atoms with Crippen LogP contribution in [0.5, 0.6) is 0 Å². The number of hydrogen-bond acceptors (Lipinski definition) is 6. The number of nitrogens with zero attached hydrogens (tertiary/aromatic N) is 4. The number of halogens is 2. The highest BCUT2D eigenvalue weighted by atomic mass is 19.3. The molecule has 214 valence electrons. The molecule has 1 aliphatic rings. The number of nitrogens with one attached hydrogen (secondary N) is 2. The van der Waals surface area contributed by atoms with E-state index in [0.717, 1.165) is 0 Å². The number of nitriles is 1. The fourth-order valence-corrected chi connectivity index (χ4v) is 4.92. The summed E-state index contributed by atoms with van der Waals surface area (Å²) >= 11 is 0. The molecular weight excluding hydrogens is 542 g/mol. The van der Waals surface area contributed by atoms with Crippen LogP contribution in [-0.2, 0) is 17.2 Å². The molecule has 1 aliphatic heterocycles. The highest BCUT2D eigenvalue weighted by molar-refractivity contribution is 6.13. The van der Waals surface area contributed by atoms with Crippen molar-refractivity contribution in [2.24, 2.45) is 0 Å². The fraction of sp³-hybridized carbons (Fsp3) is 0.226. The number of fused-ring (bicyclic) bond motifs is 1. The Bertz CT molecular complexity index is 1650. The lowest BCUT2D eigenvalue weighted by molar-refractivity contribution is 0.0428. The smallest absolute Gasteiger partial charge is 0.298 e. The monoisotopic (exact) mass is 570 g/mol. The number of alkyl halides is 2. The molecule has 3 aromatic carbocycles. The molecule has 2 N–H and O–H groups in total. The van der Waals surface area contributed by atoms with Gasteiger partial charge in [-0.1, -0.05) is 42.5 Å². The van der Waals surface area contributed by atoms with E-state index in [9.17, 15) is 14.9 Å². The zero-order valence-corrected chi connectivity index (χ0v) is 23.0. The van der Waals surface area contributed by atoms with Gasteiger partial charge in [-0.15, -0.1) is 0 Å². The van der Waals surface area contributed by atoms with Gasteiger partial charge < -0.3 is 20.3 Å². The minimum atomic E-state index is -3.20. The van der Waals surface area contributed by atoms with Crippen molar-refractivity contribution < 1.29 is 23.1 Å². The first-order chi connectivity index (χ1) is 20.2. The summed E-state index contributed by atoms with van der Waals surface area (Å²) in [4.78, 5) is 28.3. The van der Waals surface area contributed by atoms with Crippen molar-refractivity contribution in [3.8, 4) is 6.07 Å². The lowest BCUT2D eigenvalue weighted by atomic mass is 9.99. The first kappa shape index (κ1) is 28.4. The number of hydrogen-bond donors (Lipinski definition) is 2. The van der Waals surface area contributed by atoms with E-state index in [1.165, 1.54) is 58.2 Å². The van der Waals surface area contributed by atoms with Crippen LogP contribution in [0.1, 0.15) is 44.5 Å². The van der Waals surface area contributed by atoms with Gasteiger partial charge in [0.05, 0.1) is 42.3 Å². The van der Waals surface area contributed by atoms with E-state index in [2.05, 4.69) is 21.8 Å². The fourth-order valence-electron chi connectivity index (χ4n) is 4.92. The molecule has 0 bridgehead atoms. The second-order valence-electron chi connectivity index (χ2n) is 9.85. The van der Waals surface area contributed by atoms with Gasteiger partial charge in [0.2, 0.25) is 0 Å². The average molecular weight is 571 g/mol. The van der Waals surface area contributed by atoms with Crippen LogP contribution >= 0.6 is 0 Å². The third-order valence-electron chi connectivity index (χ3n) is 7.06. The van der Waals surface area contributed by atoms with E-state index in [4.69, 9.17) is 4.74 Å². The van der Waals surface area contributed by atoms with Crippen molar-refractivity contribution in [1.29, 1.82) is 5.26 Å². The number of ether oxygens (including phenoxy) is 1. The Kier molecular flexibility index (Phi) is 7.99. The molecule has 2 heterocycles. The van der Waals surface area contributed by atoms with Crippen LogP contribution < -0.4 is 15.5 Å². The number of methoxy groups -OCH3 is 1. The number of aromatic nitrogens is 2. The van der Waals surface area contributed by atoms with Crippen LogP contribution in [0.2, 0.25) is 0 Å². The summed E-state index contributed by atoms with van der Waals surface area (Å²) < 4.78 is 36.7. The summed E-state index contributed by atoms with van der Waals surface area (Å²) in [5.74, 6) is -4.15. The number of rotatable bonds is 9. The van der Waals surface area contributed by atoms with Crippen LogP contribution in [0.25, 0.3) is 0 Å². The summed E-state index contributed by atoms with van der Waals surface area (Å²) in [6.45, 7) is 3.11. The number of carbonyl (C=O) groups excluding carboxylic acids is 2. The molecular formula is C31H28F2N6O3. The van der Waals surface area contributed by atoms with Gasteiger partial charge in [-0.25, -0.2) is 0 Å². The Morgan fingerprint density at radius 2 is 1.81 bits per heavy atom. The maximum Gasteiger partial charge on any atom is 0.298 e. The largest absolute Gasteiger partial charge is 0.383 e. The van der Waals surface area contributed by atoms with Crippen molar-refractivity contribution in [3.63, 3.8) is 0 Å². The summed E-state index contributed by atoms with van der Waals surface area (Å²) in [5.41, 5.74) is 1.59. The quantitative estimate of drug-likeness (QED) is 0.266. The molecule has 0 spiro atoms. The van der Waals surface area contributed by atoms with Gasteiger partial charge in [-0.05, 0) is 37.3 Å². The Hall–Kier alpha value is -5.08. The normalized spacial score (nSPS) is 14.7. The number of amides is 2. The van der Waals surface area contributed by atoms with Crippen molar-refractivity contribution in [3.05, 3.63) is 107 Å². The SMILES string of the molecule is COCCNc1ccc(C(=O)Nc2cnn3c2C(=O)N(c2ccc(C(F)(F)c4ccccc4)cc2)C(C)C3)cc1C#N. The van der Waals surface area contributed by atoms with Crippen molar-refractivity contribution >= 4 is 28.9 Å². The van der Waals surface area contributed by atoms with Gasteiger partial charge in [0, 0.05) is 36.0 Å². The molecule has 0 saturated carbocycles. The van der Waals surface area contributed by atoms with Crippen LogP contribution in [-0.4, -0.2) is 47.9 Å². The molecule has 5 rings (SSSR count).